The van der Waals surface area contributed by atoms with Gasteiger partial charge >= 0.3 is 0 Å². The molecule has 1 heterocycles. The van der Waals surface area contributed by atoms with Crippen LogP contribution in [0, 0.1) is 5.92 Å². The number of benzene rings is 1. The van der Waals surface area contributed by atoms with Crippen LogP contribution in [0.2, 0.25) is 0 Å². The molecule has 130 valence electrons. The zero-order valence-corrected chi connectivity index (χ0v) is 15.4. The second-order valence-corrected chi connectivity index (χ2v) is 7.06. The molecule has 1 fully saturated rings. The van der Waals surface area contributed by atoms with Gasteiger partial charge in [0.05, 0.1) is 5.92 Å². The van der Waals surface area contributed by atoms with Crippen molar-refractivity contribution in [3.8, 4) is 0 Å². The molecule has 0 spiro atoms. The van der Waals surface area contributed by atoms with E-state index in [4.69, 9.17) is 0 Å². The summed E-state index contributed by atoms with van der Waals surface area (Å²) in [6, 6.07) is 7.52. The molecule has 1 aliphatic rings. The Morgan fingerprint density at radius 3 is 2.79 bits per heavy atom. The SMILES string of the molecule is CC(C)NC(=O)CCNC(=O)C1CC(=O)N(c2cccc(Br)c2)C1. The third-order valence-corrected chi connectivity index (χ3v) is 4.21. The fraction of sp³-hybridized carbons (Fsp3) is 0.471. The van der Waals surface area contributed by atoms with Crippen molar-refractivity contribution >= 4 is 39.3 Å². The summed E-state index contributed by atoms with van der Waals surface area (Å²) < 4.78 is 0.886. The number of carbonyl (C=O) groups excluding carboxylic acids is 3. The van der Waals surface area contributed by atoms with Crippen molar-refractivity contribution < 1.29 is 14.4 Å². The lowest BCUT2D eigenvalue weighted by atomic mass is 10.1. The highest BCUT2D eigenvalue weighted by molar-refractivity contribution is 9.10. The van der Waals surface area contributed by atoms with Crippen LogP contribution in [0.4, 0.5) is 5.69 Å². The Labute approximate surface area is 150 Å². The van der Waals surface area contributed by atoms with Crippen LogP contribution >= 0.6 is 15.9 Å². The zero-order valence-electron chi connectivity index (χ0n) is 13.8. The number of carbonyl (C=O) groups is 3. The van der Waals surface area contributed by atoms with Gasteiger partial charge in [-0.3, -0.25) is 14.4 Å². The predicted molar refractivity (Wildman–Crippen MR) is 95.5 cm³/mol. The van der Waals surface area contributed by atoms with Crippen LogP contribution in [0.15, 0.2) is 28.7 Å². The average molecular weight is 396 g/mol. The maximum atomic E-state index is 12.2. The highest BCUT2D eigenvalue weighted by atomic mass is 79.9. The van der Waals surface area contributed by atoms with E-state index in [1.165, 1.54) is 0 Å². The number of hydrogen-bond acceptors (Lipinski definition) is 3. The smallest absolute Gasteiger partial charge is 0.227 e. The van der Waals surface area contributed by atoms with Crippen molar-refractivity contribution in [3.05, 3.63) is 28.7 Å². The van der Waals surface area contributed by atoms with Crippen molar-refractivity contribution in [2.24, 2.45) is 5.92 Å². The second-order valence-electron chi connectivity index (χ2n) is 6.15. The standard InChI is InChI=1S/C17H22BrN3O3/c1-11(2)20-15(22)6-7-19-17(24)12-8-16(23)21(10-12)14-5-3-4-13(18)9-14/h3-5,9,11-12H,6-8,10H2,1-2H3,(H,19,24)(H,20,22). The van der Waals surface area contributed by atoms with E-state index in [-0.39, 0.29) is 49.1 Å². The van der Waals surface area contributed by atoms with Crippen LogP contribution in [0.1, 0.15) is 26.7 Å². The van der Waals surface area contributed by atoms with Crippen LogP contribution < -0.4 is 15.5 Å². The van der Waals surface area contributed by atoms with Gasteiger partial charge in [0, 0.05) is 42.1 Å². The van der Waals surface area contributed by atoms with E-state index >= 15 is 0 Å². The number of anilines is 1. The lowest BCUT2D eigenvalue weighted by Gasteiger charge is -2.17. The minimum absolute atomic E-state index is 0.0641. The van der Waals surface area contributed by atoms with Crippen molar-refractivity contribution in [2.45, 2.75) is 32.7 Å². The monoisotopic (exact) mass is 395 g/mol. The summed E-state index contributed by atoms with van der Waals surface area (Å²) in [6.07, 6.45) is 0.427. The van der Waals surface area contributed by atoms with Crippen molar-refractivity contribution in [2.75, 3.05) is 18.0 Å². The van der Waals surface area contributed by atoms with Crippen LogP contribution in [0.3, 0.4) is 0 Å². The van der Waals surface area contributed by atoms with Gasteiger partial charge in [0.15, 0.2) is 0 Å². The first-order valence-corrected chi connectivity index (χ1v) is 8.79. The van der Waals surface area contributed by atoms with E-state index in [1.807, 2.05) is 38.1 Å². The third kappa shape index (κ3) is 5.06. The van der Waals surface area contributed by atoms with Gasteiger partial charge in [0.1, 0.15) is 0 Å². The van der Waals surface area contributed by atoms with Gasteiger partial charge < -0.3 is 15.5 Å². The summed E-state index contributed by atoms with van der Waals surface area (Å²) in [5, 5.41) is 5.51. The maximum Gasteiger partial charge on any atom is 0.227 e. The van der Waals surface area contributed by atoms with Crippen LogP contribution in [0.25, 0.3) is 0 Å². The fourth-order valence-corrected chi connectivity index (χ4v) is 3.00. The van der Waals surface area contributed by atoms with Gasteiger partial charge in [-0.15, -0.1) is 0 Å². The molecule has 1 atom stereocenters. The predicted octanol–water partition coefficient (Wildman–Crippen LogP) is 1.83. The summed E-state index contributed by atoms with van der Waals surface area (Å²) in [6.45, 7) is 4.41. The molecule has 6 nitrogen and oxygen atoms in total. The molecule has 7 heteroatoms. The largest absolute Gasteiger partial charge is 0.355 e. The Balaban J connectivity index is 1.84. The van der Waals surface area contributed by atoms with E-state index in [9.17, 15) is 14.4 Å². The number of halogens is 1. The minimum Gasteiger partial charge on any atom is -0.355 e. The summed E-state index contributed by atoms with van der Waals surface area (Å²) >= 11 is 3.38. The van der Waals surface area contributed by atoms with Gasteiger partial charge in [-0.1, -0.05) is 22.0 Å². The first-order chi connectivity index (χ1) is 11.4. The van der Waals surface area contributed by atoms with Crippen LogP contribution in [0.5, 0.6) is 0 Å². The average Bonchev–Trinajstić information content (AvgIpc) is 2.88. The zero-order chi connectivity index (χ0) is 17.7. The lowest BCUT2D eigenvalue weighted by molar-refractivity contribution is -0.126. The number of nitrogens with one attached hydrogen (secondary N) is 2. The van der Waals surface area contributed by atoms with Crippen molar-refractivity contribution in [3.63, 3.8) is 0 Å². The van der Waals surface area contributed by atoms with E-state index in [2.05, 4.69) is 26.6 Å². The molecule has 0 saturated carbocycles. The molecule has 24 heavy (non-hydrogen) atoms. The number of nitrogens with zero attached hydrogens (tertiary/aromatic N) is 1. The minimum atomic E-state index is -0.385. The van der Waals surface area contributed by atoms with Gasteiger partial charge in [0.25, 0.3) is 0 Å². The second kappa shape index (κ2) is 8.28. The molecule has 1 aromatic carbocycles. The fourth-order valence-electron chi connectivity index (χ4n) is 2.61. The van der Waals surface area contributed by atoms with Gasteiger partial charge in [-0.2, -0.15) is 0 Å². The highest BCUT2D eigenvalue weighted by Crippen LogP contribution is 2.27. The first-order valence-electron chi connectivity index (χ1n) is 8.00. The van der Waals surface area contributed by atoms with Crippen molar-refractivity contribution in [1.82, 2.24) is 10.6 Å². The molecule has 0 aromatic heterocycles. The Hall–Kier alpha value is -1.89. The van der Waals surface area contributed by atoms with Crippen LogP contribution in [-0.2, 0) is 14.4 Å². The summed E-state index contributed by atoms with van der Waals surface area (Å²) in [5.74, 6) is -0.725. The summed E-state index contributed by atoms with van der Waals surface area (Å²) in [7, 11) is 0. The maximum absolute atomic E-state index is 12.2. The van der Waals surface area contributed by atoms with Gasteiger partial charge in [-0.05, 0) is 32.0 Å². The molecule has 1 unspecified atom stereocenters. The Morgan fingerprint density at radius 1 is 1.38 bits per heavy atom. The summed E-state index contributed by atoms with van der Waals surface area (Å²) in [5.41, 5.74) is 0.779. The molecule has 1 aliphatic heterocycles. The molecule has 2 rings (SSSR count). The molecule has 1 aromatic rings. The molecule has 2 N–H and O–H groups in total. The highest BCUT2D eigenvalue weighted by Gasteiger charge is 2.35. The van der Waals surface area contributed by atoms with Gasteiger partial charge in [-0.25, -0.2) is 0 Å². The van der Waals surface area contributed by atoms with Crippen LogP contribution in [-0.4, -0.2) is 36.9 Å². The lowest BCUT2D eigenvalue weighted by Crippen LogP contribution is -2.37. The molecule has 0 bridgehead atoms. The topological polar surface area (TPSA) is 78.5 Å². The molecular weight excluding hydrogens is 374 g/mol. The van der Waals surface area contributed by atoms with E-state index in [0.29, 0.717) is 6.54 Å². The van der Waals surface area contributed by atoms with E-state index < -0.39 is 0 Å². The van der Waals surface area contributed by atoms with Gasteiger partial charge in [0.2, 0.25) is 17.7 Å². The number of hydrogen-bond donors (Lipinski definition) is 2. The van der Waals surface area contributed by atoms with E-state index in [1.54, 1.807) is 4.90 Å². The van der Waals surface area contributed by atoms with Crippen molar-refractivity contribution in [1.29, 1.82) is 0 Å². The first kappa shape index (κ1) is 18.4. The molecule has 3 amide bonds. The quantitative estimate of drug-likeness (QED) is 0.770. The third-order valence-electron chi connectivity index (χ3n) is 3.72. The normalized spacial score (nSPS) is 17.2. The van der Waals surface area contributed by atoms with E-state index in [0.717, 1.165) is 10.2 Å². The Kier molecular flexibility index (Phi) is 6.36. The molecular formula is C17H22BrN3O3. The summed E-state index contributed by atoms with van der Waals surface area (Å²) in [4.78, 5) is 37.6. The molecule has 1 saturated heterocycles. The number of rotatable bonds is 6. The Bertz CT molecular complexity index is 633. The Morgan fingerprint density at radius 2 is 2.12 bits per heavy atom. The number of amides is 3. The molecule has 0 radical (unpaired) electrons. The molecule has 0 aliphatic carbocycles.